The molecule has 0 unspecified atom stereocenters. The van der Waals surface area contributed by atoms with Crippen molar-refractivity contribution in [1.82, 2.24) is 9.80 Å². The van der Waals surface area contributed by atoms with Gasteiger partial charge in [-0.15, -0.1) is 0 Å². The van der Waals surface area contributed by atoms with Crippen molar-refractivity contribution >= 4 is 40.0 Å². The number of anilines is 2. The Morgan fingerprint density at radius 2 is 1.66 bits per heavy atom. The molecular formula is C33H32F3N5O3. The third kappa shape index (κ3) is 6.45. The maximum Gasteiger partial charge on any atom is 0.417 e. The third-order valence-corrected chi connectivity index (χ3v) is 8.22. The number of nitrogens with one attached hydrogen (secondary N) is 1. The van der Waals surface area contributed by atoms with Crippen LogP contribution in [0.5, 0.6) is 0 Å². The molecule has 1 N–H and O–H groups in total. The number of carbonyl (C=O) groups excluding carboxylic acids is 3. The number of alkyl halides is 3. The molecule has 11 heteroatoms. The number of hydrogen-bond donors (Lipinski definition) is 1. The molecule has 1 saturated heterocycles. The molecule has 0 spiro atoms. The van der Waals surface area contributed by atoms with Gasteiger partial charge in [-0.3, -0.25) is 14.5 Å². The molecule has 0 aromatic heterocycles. The van der Waals surface area contributed by atoms with E-state index in [1.807, 2.05) is 47.4 Å². The highest BCUT2D eigenvalue weighted by Gasteiger charge is 2.39. The molecule has 0 atom stereocenters. The number of fused-ring (bicyclic) bond motifs is 1. The molecular weight excluding hydrogens is 571 g/mol. The monoisotopic (exact) mass is 603 g/mol. The van der Waals surface area contributed by atoms with Gasteiger partial charge in [0.05, 0.1) is 28.6 Å². The maximum atomic E-state index is 13.4. The fraction of sp³-hybridized carbons (Fsp3) is 0.333. The summed E-state index contributed by atoms with van der Waals surface area (Å²) in [5.41, 5.74) is -0.643. The highest BCUT2D eigenvalue weighted by Crippen LogP contribution is 2.37. The van der Waals surface area contributed by atoms with Gasteiger partial charge in [0.25, 0.3) is 11.8 Å². The minimum atomic E-state index is -4.80. The van der Waals surface area contributed by atoms with Crippen molar-refractivity contribution in [2.45, 2.75) is 38.8 Å². The molecule has 0 radical (unpaired) electrons. The van der Waals surface area contributed by atoms with Crippen LogP contribution in [0.4, 0.5) is 29.3 Å². The second-order valence-electron chi connectivity index (χ2n) is 11.0. The summed E-state index contributed by atoms with van der Waals surface area (Å²) in [4.78, 5) is 43.7. The zero-order chi connectivity index (χ0) is 31.4. The van der Waals surface area contributed by atoms with Crippen LogP contribution in [0.1, 0.15) is 43.7 Å². The number of imide groups is 1. The molecule has 44 heavy (non-hydrogen) atoms. The summed E-state index contributed by atoms with van der Waals surface area (Å²) in [5.74, 6) is -1.27. The highest BCUT2D eigenvalue weighted by molar-refractivity contribution is 6.32. The average molecular weight is 604 g/mol. The predicted molar refractivity (Wildman–Crippen MR) is 161 cm³/mol. The Balaban J connectivity index is 1.07. The number of nitriles is 1. The number of urea groups is 1. The first-order chi connectivity index (χ1) is 21.1. The Morgan fingerprint density at radius 1 is 0.932 bits per heavy atom. The summed E-state index contributed by atoms with van der Waals surface area (Å²) in [6.45, 7) is 5.07. The van der Waals surface area contributed by atoms with Gasteiger partial charge in [-0.1, -0.05) is 42.8 Å². The van der Waals surface area contributed by atoms with E-state index in [4.69, 9.17) is 5.26 Å². The van der Waals surface area contributed by atoms with Crippen molar-refractivity contribution in [3.8, 4) is 6.07 Å². The van der Waals surface area contributed by atoms with E-state index >= 15 is 0 Å². The number of nitrogens with zero attached hydrogens (tertiary/aromatic N) is 4. The van der Waals surface area contributed by atoms with E-state index in [1.165, 1.54) is 19.1 Å². The zero-order valence-corrected chi connectivity index (χ0v) is 24.3. The molecule has 5 rings (SSSR count). The summed E-state index contributed by atoms with van der Waals surface area (Å²) < 4.78 is 40.3. The standard InChI is InChI=1S/C33H32F3N5O3/c1-22-26(31(43)41(30(22)42)25-14-13-24(21-37)28(20-25)33(34,35)36)10-3-2-6-15-39-16-18-40(19-17-39)32(44)38-29-12-7-9-23-8-4-5-11-27(23)29/h4-5,7-9,11-14,20H,2-3,6,10,15-19H2,1H3,(H,38,44). The Hall–Kier alpha value is -4.69. The molecule has 0 saturated carbocycles. The van der Waals surface area contributed by atoms with Gasteiger partial charge in [-0.25, -0.2) is 9.69 Å². The first-order valence-electron chi connectivity index (χ1n) is 14.5. The highest BCUT2D eigenvalue weighted by atomic mass is 19.4. The first-order valence-corrected chi connectivity index (χ1v) is 14.5. The lowest BCUT2D eigenvalue weighted by atomic mass is 10.0. The molecule has 0 bridgehead atoms. The third-order valence-electron chi connectivity index (χ3n) is 8.22. The van der Waals surface area contributed by atoms with Crippen LogP contribution in [0.25, 0.3) is 10.8 Å². The lowest BCUT2D eigenvalue weighted by molar-refractivity contribution is -0.138. The Labute approximate surface area is 253 Å². The van der Waals surface area contributed by atoms with Gasteiger partial charge in [0.15, 0.2) is 0 Å². The molecule has 2 aliphatic heterocycles. The fourth-order valence-corrected chi connectivity index (χ4v) is 5.73. The van der Waals surface area contributed by atoms with E-state index < -0.39 is 29.1 Å². The SMILES string of the molecule is CC1=C(CCCCCN2CCN(C(=O)Nc3cccc4ccccc34)CC2)C(=O)N(c2ccc(C#N)c(C(F)(F)F)c2)C1=O. The second kappa shape index (κ2) is 12.9. The van der Waals surface area contributed by atoms with Crippen LogP contribution in [-0.4, -0.2) is 60.4 Å². The van der Waals surface area contributed by atoms with Crippen molar-refractivity contribution in [2.75, 3.05) is 42.9 Å². The molecule has 2 heterocycles. The number of hydrogen-bond acceptors (Lipinski definition) is 5. The fourth-order valence-electron chi connectivity index (χ4n) is 5.73. The number of amides is 4. The van der Waals surface area contributed by atoms with Crippen LogP contribution in [-0.2, 0) is 15.8 Å². The summed E-state index contributed by atoms with van der Waals surface area (Å²) >= 11 is 0. The van der Waals surface area contributed by atoms with Gasteiger partial charge in [0.2, 0.25) is 0 Å². The van der Waals surface area contributed by atoms with Crippen molar-refractivity contribution in [1.29, 1.82) is 5.26 Å². The van der Waals surface area contributed by atoms with E-state index in [-0.39, 0.29) is 17.3 Å². The Bertz CT molecular complexity index is 1660. The summed E-state index contributed by atoms with van der Waals surface area (Å²) in [7, 11) is 0. The number of unbranched alkanes of at least 4 members (excludes halogenated alkanes) is 2. The molecule has 8 nitrogen and oxygen atoms in total. The number of halogens is 3. The van der Waals surface area contributed by atoms with E-state index in [0.29, 0.717) is 37.6 Å². The van der Waals surface area contributed by atoms with E-state index in [2.05, 4.69) is 10.2 Å². The minimum absolute atomic E-state index is 0.120. The maximum absolute atomic E-state index is 13.4. The lowest BCUT2D eigenvalue weighted by Crippen LogP contribution is -2.50. The summed E-state index contributed by atoms with van der Waals surface area (Å²) in [5, 5.41) is 14.1. The number of piperazine rings is 1. The molecule has 3 aromatic carbocycles. The van der Waals surface area contributed by atoms with Crippen LogP contribution >= 0.6 is 0 Å². The summed E-state index contributed by atoms with van der Waals surface area (Å²) in [6, 6.07) is 18.0. The van der Waals surface area contributed by atoms with Crippen LogP contribution in [0, 0.1) is 11.3 Å². The topological polar surface area (TPSA) is 96.8 Å². The van der Waals surface area contributed by atoms with E-state index in [0.717, 1.165) is 59.9 Å². The Morgan fingerprint density at radius 3 is 2.39 bits per heavy atom. The van der Waals surface area contributed by atoms with Crippen molar-refractivity contribution in [3.05, 3.63) is 82.9 Å². The number of rotatable bonds is 8. The van der Waals surface area contributed by atoms with E-state index in [9.17, 15) is 27.6 Å². The molecule has 2 aliphatic rings. The molecule has 228 valence electrons. The number of carbonyl (C=O) groups is 3. The summed E-state index contributed by atoms with van der Waals surface area (Å²) in [6.07, 6.45) is -2.14. The Kier molecular flexibility index (Phi) is 9.01. The van der Waals surface area contributed by atoms with Gasteiger partial charge in [-0.05, 0) is 62.4 Å². The normalized spacial score (nSPS) is 16.2. The second-order valence-corrected chi connectivity index (χ2v) is 11.0. The van der Waals surface area contributed by atoms with Gasteiger partial charge in [-0.2, -0.15) is 18.4 Å². The average Bonchev–Trinajstić information content (AvgIpc) is 3.23. The quantitative estimate of drug-likeness (QED) is 0.240. The van der Waals surface area contributed by atoms with Crippen LogP contribution in [0.2, 0.25) is 0 Å². The largest absolute Gasteiger partial charge is 0.417 e. The van der Waals surface area contributed by atoms with Gasteiger partial charge in [0.1, 0.15) is 0 Å². The van der Waals surface area contributed by atoms with Crippen molar-refractivity contribution in [3.63, 3.8) is 0 Å². The molecule has 3 aromatic rings. The predicted octanol–water partition coefficient (Wildman–Crippen LogP) is 6.33. The van der Waals surface area contributed by atoms with Crippen molar-refractivity contribution < 1.29 is 27.6 Å². The van der Waals surface area contributed by atoms with Crippen molar-refractivity contribution in [2.24, 2.45) is 0 Å². The lowest BCUT2D eigenvalue weighted by Gasteiger charge is -2.34. The molecule has 0 aliphatic carbocycles. The van der Waals surface area contributed by atoms with Gasteiger partial charge >= 0.3 is 12.2 Å². The smallest absolute Gasteiger partial charge is 0.322 e. The van der Waals surface area contributed by atoms with Crippen LogP contribution in [0.15, 0.2) is 71.8 Å². The molecule has 4 amide bonds. The number of benzene rings is 3. The van der Waals surface area contributed by atoms with Gasteiger partial charge < -0.3 is 10.2 Å². The van der Waals surface area contributed by atoms with Gasteiger partial charge in [0, 0.05) is 42.7 Å². The van der Waals surface area contributed by atoms with E-state index in [1.54, 1.807) is 0 Å². The molecule has 1 fully saturated rings. The van der Waals surface area contributed by atoms with Crippen LogP contribution < -0.4 is 10.2 Å². The first kappa shape index (κ1) is 30.8. The zero-order valence-electron chi connectivity index (χ0n) is 24.3. The minimum Gasteiger partial charge on any atom is -0.322 e. The van der Waals surface area contributed by atoms with Crippen LogP contribution in [0.3, 0.4) is 0 Å².